The fourth-order valence-corrected chi connectivity index (χ4v) is 6.19. The van der Waals surface area contributed by atoms with Crippen molar-refractivity contribution in [1.82, 2.24) is 5.32 Å². The number of carbonyl (C=O) groups excluding carboxylic acids is 2. The number of ketones is 2. The third-order valence-corrected chi connectivity index (χ3v) is 8.24. The van der Waals surface area contributed by atoms with Crippen LogP contribution in [-0.4, -0.2) is 97.3 Å². The summed E-state index contributed by atoms with van der Waals surface area (Å²) in [6, 6.07) is 3.42. The standard InChI is InChI=1S/C28H31NO13/c1-10-22(32)13(29-27(37)38)6-17(41-10)42-15-8-28(39,16(31)9-30)7-12-19(15)26(36)21-20(24(12)34)23(33)11-4-3-5-14(40-2)18(11)25(21)35/h3-5,10,13,15,17,22,25,29-30,32,34-36,39H,6-9H2,1-2H3,(H,37,38)/t10-,13-,15-,17-,22+,25?,28-/m0/s1. The molecule has 1 unspecified atom stereocenters. The van der Waals surface area contributed by atoms with Crippen molar-refractivity contribution >= 4 is 17.7 Å². The van der Waals surface area contributed by atoms with Crippen molar-refractivity contribution in [3.8, 4) is 17.2 Å². The van der Waals surface area contributed by atoms with Crippen LogP contribution in [-0.2, 0) is 20.7 Å². The summed E-state index contributed by atoms with van der Waals surface area (Å²) in [5, 5.41) is 77.0. The van der Waals surface area contributed by atoms with Gasteiger partial charge in [-0.1, -0.05) is 12.1 Å². The first kappa shape index (κ1) is 29.7. The molecule has 1 fully saturated rings. The van der Waals surface area contributed by atoms with Gasteiger partial charge in [-0.2, -0.15) is 0 Å². The molecule has 226 valence electrons. The second-order valence-corrected chi connectivity index (χ2v) is 10.7. The van der Waals surface area contributed by atoms with E-state index >= 15 is 0 Å². The molecule has 0 saturated carbocycles. The smallest absolute Gasteiger partial charge is 0.404 e. The lowest BCUT2D eigenvalue weighted by molar-refractivity contribution is -0.249. The number of rotatable bonds is 6. The summed E-state index contributed by atoms with van der Waals surface area (Å²) in [6.45, 7) is 0.415. The van der Waals surface area contributed by atoms with Gasteiger partial charge in [0, 0.05) is 47.1 Å². The van der Waals surface area contributed by atoms with E-state index in [1.54, 1.807) is 0 Å². The average Bonchev–Trinajstić information content (AvgIpc) is 2.94. The van der Waals surface area contributed by atoms with Crippen LogP contribution in [0, 0.1) is 0 Å². The third kappa shape index (κ3) is 4.65. The van der Waals surface area contributed by atoms with Crippen molar-refractivity contribution in [2.24, 2.45) is 0 Å². The number of aromatic hydroxyl groups is 2. The number of benzene rings is 2. The van der Waals surface area contributed by atoms with Crippen molar-refractivity contribution < 1.29 is 64.3 Å². The summed E-state index contributed by atoms with van der Waals surface area (Å²) < 4.78 is 17.1. The summed E-state index contributed by atoms with van der Waals surface area (Å²) in [5.74, 6) is -2.94. The molecule has 1 amide bonds. The van der Waals surface area contributed by atoms with Gasteiger partial charge in [-0.15, -0.1) is 0 Å². The number of hydrogen-bond acceptors (Lipinski definition) is 12. The number of hydrogen-bond donors (Lipinski definition) is 8. The van der Waals surface area contributed by atoms with Crippen LogP contribution in [0.2, 0.25) is 0 Å². The van der Waals surface area contributed by atoms with E-state index in [0.29, 0.717) is 0 Å². The lowest BCUT2D eigenvalue weighted by Gasteiger charge is -2.43. The van der Waals surface area contributed by atoms with E-state index in [2.05, 4.69) is 5.32 Å². The molecular formula is C28H31NO13. The Morgan fingerprint density at radius 1 is 1.14 bits per heavy atom. The molecule has 42 heavy (non-hydrogen) atoms. The summed E-state index contributed by atoms with van der Waals surface area (Å²) >= 11 is 0. The van der Waals surface area contributed by atoms with Crippen LogP contribution >= 0.6 is 0 Å². The Labute approximate surface area is 238 Å². The molecule has 1 aliphatic heterocycles. The van der Waals surface area contributed by atoms with Crippen LogP contribution in [0.3, 0.4) is 0 Å². The van der Waals surface area contributed by atoms with Gasteiger partial charge in [0.2, 0.25) is 0 Å². The number of carbonyl (C=O) groups is 3. The van der Waals surface area contributed by atoms with Gasteiger partial charge in [0.1, 0.15) is 41.7 Å². The van der Waals surface area contributed by atoms with E-state index in [9.17, 15) is 50.1 Å². The summed E-state index contributed by atoms with van der Waals surface area (Å²) in [6.07, 6.45) is -9.20. The molecule has 0 bridgehead atoms. The number of nitrogens with one attached hydrogen (secondary N) is 1. The Balaban J connectivity index is 1.65. The zero-order valence-electron chi connectivity index (χ0n) is 22.6. The number of phenols is 2. The van der Waals surface area contributed by atoms with E-state index < -0.39 is 96.5 Å². The van der Waals surface area contributed by atoms with Gasteiger partial charge in [-0.05, 0) is 13.0 Å². The first-order valence-electron chi connectivity index (χ1n) is 13.2. The second kappa shape index (κ2) is 10.8. The number of aliphatic hydroxyl groups is 4. The Morgan fingerprint density at radius 3 is 2.50 bits per heavy atom. The predicted octanol–water partition coefficient (Wildman–Crippen LogP) is 0.161. The number of ether oxygens (including phenoxy) is 3. The van der Waals surface area contributed by atoms with Gasteiger partial charge in [-0.3, -0.25) is 9.59 Å². The molecule has 14 nitrogen and oxygen atoms in total. The SMILES string of the molecule is COc1cccc2c1C(O)c1c(O)c3c(c(O)c1C2=O)C[C@@](O)(C(=O)CO)C[C@@H]3O[C@H]1C[C@H](NC(=O)O)[C@H](O)[C@H](C)O1. The monoisotopic (exact) mass is 589 g/mol. The van der Waals surface area contributed by atoms with Gasteiger partial charge in [0.15, 0.2) is 17.9 Å². The highest BCUT2D eigenvalue weighted by atomic mass is 16.7. The fraction of sp³-hybridized carbons (Fsp3) is 0.464. The normalized spacial score (nSPS) is 30.1. The Morgan fingerprint density at radius 2 is 1.86 bits per heavy atom. The minimum absolute atomic E-state index is 0.00873. The van der Waals surface area contributed by atoms with Gasteiger partial charge >= 0.3 is 6.09 Å². The molecule has 2 aromatic carbocycles. The van der Waals surface area contributed by atoms with Crippen molar-refractivity contribution in [2.45, 2.75) is 68.5 Å². The molecule has 1 saturated heterocycles. The third-order valence-electron chi connectivity index (χ3n) is 8.24. The van der Waals surface area contributed by atoms with E-state index in [1.165, 1.54) is 32.2 Å². The highest BCUT2D eigenvalue weighted by molar-refractivity contribution is 6.15. The molecule has 2 aliphatic carbocycles. The molecular weight excluding hydrogens is 558 g/mol. The topological polar surface area (TPSA) is 233 Å². The second-order valence-electron chi connectivity index (χ2n) is 10.7. The van der Waals surface area contributed by atoms with E-state index in [1.807, 2.05) is 0 Å². The molecule has 1 heterocycles. The van der Waals surface area contributed by atoms with Crippen LogP contribution in [0.1, 0.15) is 70.1 Å². The molecule has 0 spiro atoms. The number of fused-ring (bicyclic) bond motifs is 3. The Kier molecular flexibility index (Phi) is 7.64. The minimum atomic E-state index is -2.31. The minimum Gasteiger partial charge on any atom is -0.507 e. The molecule has 7 atom stereocenters. The van der Waals surface area contributed by atoms with E-state index in [4.69, 9.17) is 14.2 Å². The van der Waals surface area contributed by atoms with Crippen LogP contribution in [0.4, 0.5) is 4.79 Å². The first-order valence-corrected chi connectivity index (χ1v) is 13.2. The lowest BCUT2D eigenvalue weighted by atomic mass is 9.71. The van der Waals surface area contributed by atoms with Gasteiger partial charge in [0.25, 0.3) is 0 Å². The van der Waals surface area contributed by atoms with Crippen molar-refractivity contribution in [1.29, 1.82) is 0 Å². The molecule has 2 aromatic rings. The van der Waals surface area contributed by atoms with E-state index in [0.717, 1.165) is 0 Å². The number of aliphatic hydroxyl groups excluding tert-OH is 3. The molecule has 0 aromatic heterocycles. The number of methoxy groups -OCH3 is 1. The fourth-order valence-electron chi connectivity index (χ4n) is 6.19. The van der Waals surface area contributed by atoms with Crippen LogP contribution in [0.5, 0.6) is 17.2 Å². The van der Waals surface area contributed by atoms with Crippen molar-refractivity contribution in [3.05, 3.63) is 51.6 Å². The number of carboxylic acid groups (broad SMARTS) is 1. The lowest BCUT2D eigenvalue weighted by Crippen LogP contribution is -2.55. The van der Waals surface area contributed by atoms with Crippen molar-refractivity contribution in [3.63, 3.8) is 0 Å². The molecule has 8 N–H and O–H groups in total. The molecule has 3 aliphatic rings. The average molecular weight is 590 g/mol. The van der Waals surface area contributed by atoms with Gasteiger partial charge in [-0.25, -0.2) is 4.79 Å². The van der Waals surface area contributed by atoms with Gasteiger partial charge in [0.05, 0.1) is 30.9 Å². The zero-order chi connectivity index (χ0) is 30.7. The molecule has 14 heteroatoms. The Hall–Kier alpha value is -3.79. The highest BCUT2D eigenvalue weighted by Gasteiger charge is 2.50. The summed E-state index contributed by atoms with van der Waals surface area (Å²) in [4.78, 5) is 37.5. The Bertz CT molecular complexity index is 1460. The highest BCUT2D eigenvalue weighted by Crippen LogP contribution is 2.54. The quantitative estimate of drug-likeness (QED) is 0.210. The maximum absolute atomic E-state index is 13.6. The first-order chi connectivity index (χ1) is 19.8. The number of amides is 1. The summed E-state index contributed by atoms with van der Waals surface area (Å²) in [7, 11) is 1.34. The van der Waals surface area contributed by atoms with Crippen LogP contribution in [0.25, 0.3) is 0 Å². The zero-order valence-corrected chi connectivity index (χ0v) is 22.6. The van der Waals surface area contributed by atoms with Crippen LogP contribution in [0.15, 0.2) is 18.2 Å². The summed E-state index contributed by atoms with van der Waals surface area (Å²) in [5.41, 5.74) is -3.36. The van der Waals surface area contributed by atoms with Gasteiger partial charge < -0.3 is 55.3 Å². The molecule has 5 rings (SSSR count). The predicted molar refractivity (Wildman–Crippen MR) is 139 cm³/mol. The maximum atomic E-state index is 13.6. The number of Topliss-reactive ketones (excluding diaryl/α,β-unsaturated/α-hetero) is 1. The molecule has 0 radical (unpaired) electrons. The number of phenolic OH excluding ortho intramolecular Hbond substituents is 2. The maximum Gasteiger partial charge on any atom is 0.404 e. The van der Waals surface area contributed by atoms with Crippen LogP contribution < -0.4 is 10.1 Å². The largest absolute Gasteiger partial charge is 0.507 e. The van der Waals surface area contributed by atoms with Crippen molar-refractivity contribution in [2.75, 3.05) is 13.7 Å². The van der Waals surface area contributed by atoms with E-state index in [-0.39, 0.29) is 40.0 Å².